The van der Waals surface area contributed by atoms with Crippen LogP contribution in [0.4, 0.5) is 11.6 Å². The fraction of sp³-hybridized carbons (Fsp3) is 0.500. The van der Waals surface area contributed by atoms with Gasteiger partial charge >= 0.3 is 13.6 Å². The highest BCUT2D eigenvalue weighted by Crippen LogP contribution is 2.60. The molecule has 24 heteroatoms. The zero-order valence-electron chi connectivity index (χ0n) is 22.0. The molecule has 0 aliphatic carbocycles. The van der Waals surface area contributed by atoms with Gasteiger partial charge in [-0.25, -0.2) is 39.0 Å². The molecule has 4 aromatic rings. The Labute approximate surface area is 256 Å². The van der Waals surface area contributed by atoms with Gasteiger partial charge in [0.1, 0.15) is 60.3 Å². The fourth-order valence-electron chi connectivity index (χ4n) is 5.22. The molecule has 0 saturated carbocycles. The zero-order valence-corrected chi connectivity index (χ0v) is 25.6. The van der Waals surface area contributed by atoms with Gasteiger partial charge in [-0.3, -0.25) is 27.2 Å². The van der Waals surface area contributed by atoms with Gasteiger partial charge in [0.15, 0.2) is 35.4 Å². The van der Waals surface area contributed by atoms with E-state index in [4.69, 9.17) is 39.0 Å². The summed E-state index contributed by atoms with van der Waals surface area (Å²) >= 11 is 8.17. The van der Waals surface area contributed by atoms with E-state index in [-0.39, 0.29) is 34.0 Å². The number of fused-ring (bicyclic) bond motifs is 5. The number of anilines is 2. The first-order valence-electron chi connectivity index (χ1n) is 12.8. The molecule has 3 saturated heterocycles. The van der Waals surface area contributed by atoms with Crippen molar-refractivity contribution in [1.82, 2.24) is 39.0 Å². The Bertz CT molecular complexity index is 1830. The van der Waals surface area contributed by atoms with Crippen molar-refractivity contribution >= 4 is 72.1 Å². The Hall–Kier alpha value is -2.46. The van der Waals surface area contributed by atoms with Crippen molar-refractivity contribution in [3.8, 4) is 0 Å². The average Bonchev–Trinajstić information content (AvgIpc) is 3.73. The summed E-state index contributed by atoms with van der Waals surface area (Å²) in [6.45, 7) is -9.67. The number of aliphatic hydroxyl groups excluding tert-OH is 2. The molecule has 3 fully saturated rings. The van der Waals surface area contributed by atoms with E-state index in [0.717, 1.165) is 0 Å². The first-order chi connectivity index (χ1) is 20.9. The highest BCUT2D eigenvalue weighted by atomic mass is 32.7. The SMILES string of the molecule is Nc1ncnc2c1ncn2[C@@H]1O[C@@H]2CO[P@@](=O)(S)O[C@@H]3C(O)[C@@H](CO[P@@](=O)(S)O[C@H]2[C@H]1O)O[C@H]3n1cnc2c(N)ncnc21. The molecule has 0 radical (unpaired) electrons. The number of imidazole rings is 2. The van der Waals surface area contributed by atoms with Gasteiger partial charge in [0.05, 0.1) is 25.9 Å². The molecule has 3 aliphatic heterocycles. The van der Waals surface area contributed by atoms with Gasteiger partial charge in [0.2, 0.25) is 0 Å². The summed E-state index contributed by atoms with van der Waals surface area (Å²) < 4.78 is 64.0. The number of rotatable bonds is 2. The Balaban J connectivity index is 1.20. The van der Waals surface area contributed by atoms with Crippen LogP contribution in [-0.4, -0.2) is 99.1 Å². The molecule has 4 aromatic heterocycles. The summed E-state index contributed by atoms with van der Waals surface area (Å²) in [5.41, 5.74) is 12.7. The van der Waals surface area contributed by atoms with Crippen molar-refractivity contribution in [2.24, 2.45) is 0 Å². The number of hydrogen-bond acceptors (Lipinski definition) is 18. The molecule has 3 aliphatic rings. The van der Waals surface area contributed by atoms with Crippen LogP contribution in [0.15, 0.2) is 25.3 Å². The lowest BCUT2D eigenvalue weighted by atomic mass is 10.1. The van der Waals surface area contributed by atoms with E-state index in [1.807, 2.05) is 0 Å². The van der Waals surface area contributed by atoms with Crippen molar-refractivity contribution in [2.75, 3.05) is 24.7 Å². The number of ether oxygens (including phenoxy) is 2. The number of aliphatic hydroxyl groups is 2. The van der Waals surface area contributed by atoms with Crippen molar-refractivity contribution in [3.63, 3.8) is 0 Å². The second-order valence-corrected chi connectivity index (χ2v) is 15.7. The Morgan fingerprint density at radius 2 is 1.23 bits per heavy atom. The lowest BCUT2D eigenvalue weighted by Gasteiger charge is -2.26. The van der Waals surface area contributed by atoms with Gasteiger partial charge in [-0.2, -0.15) is 0 Å². The molecule has 20 nitrogen and oxygen atoms in total. The molecule has 2 bridgehead atoms. The van der Waals surface area contributed by atoms with Gasteiger partial charge in [0.25, 0.3) is 0 Å². The molecule has 6 N–H and O–H groups in total. The molecule has 10 atom stereocenters. The molecule has 0 spiro atoms. The van der Waals surface area contributed by atoms with E-state index in [0.29, 0.717) is 0 Å². The van der Waals surface area contributed by atoms with Gasteiger partial charge in [-0.15, -0.1) is 0 Å². The van der Waals surface area contributed by atoms with E-state index < -0.39 is 75.9 Å². The predicted octanol–water partition coefficient (Wildman–Crippen LogP) is 0.240. The maximum atomic E-state index is 13.5. The molecule has 0 aromatic carbocycles. The van der Waals surface area contributed by atoms with Crippen LogP contribution in [-0.2, 0) is 36.7 Å². The third-order valence-electron chi connectivity index (χ3n) is 7.26. The summed E-state index contributed by atoms with van der Waals surface area (Å²) in [6.07, 6.45) is -5.58. The lowest BCUT2D eigenvalue weighted by Crippen LogP contribution is -2.35. The van der Waals surface area contributed by atoms with Crippen LogP contribution in [0, 0.1) is 0 Å². The minimum absolute atomic E-state index is 0.0920. The topological polar surface area (TPSA) is 269 Å². The Kier molecular flexibility index (Phi) is 7.63. The highest BCUT2D eigenvalue weighted by Gasteiger charge is 2.53. The van der Waals surface area contributed by atoms with E-state index in [2.05, 4.69) is 54.4 Å². The first-order valence-corrected chi connectivity index (χ1v) is 18.2. The molecule has 1 unspecified atom stereocenters. The summed E-state index contributed by atoms with van der Waals surface area (Å²) in [6, 6.07) is 0. The smallest absolute Gasteiger partial charge is 0.386 e. The maximum absolute atomic E-state index is 13.5. The molecule has 7 heterocycles. The second-order valence-electron chi connectivity index (χ2n) is 9.95. The monoisotopic (exact) mass is 690 g/mol. The van der Waals surface area contributed by atoms with Crippen LogP contribution in [0.5, 0.6) is 0 Å². The lowest BCUT2D eigenvalue weighted by molar-refractivity contribution is -0.0575. The minimum atomic E-state index is -4.31. The van der Waals surface area contributed by atoms with Gasteiger partial charge in [-0.05, 0) is 0 Å². The maximum Gasteiger partial charge on any atom is 0.386 e. The predicted molar refractivity (Wildman–Crippen MR) is 154 cm³/mol. The molecular formula is C20H24N10O10P2S2. The number of thiol groups is 2. The first kappa shape index (κ1) is 30.2. The van der Waals surface area contributed by atoms with Gasteiger partial charge in [-0.1, -0.05) is 24.5 Å². The fourth-order valence-corrected chi connectivity index (χ4v) is 8.17. The number of aromatic nitrogens is 8. The van der Waals surface area contributed by atoms with Gasteiger partial charge in [0, 0.05) is 0 Å². The molecule has 0 amide bonds. The summed E-state index contributed by atoms with van der Waals surface area (Å²) in [4.78, 5) is 24.5. The Morgan fingerprint density at radius 1 is 0.727 bits per heavy atom. The zero-order chi connectivity index (χ0) is 31.0. The summed E-state index contributed by atoms with van der Waals surface area (Å²) in [5.74, 6) is 0.191. The number of nitrogens with two attached hydrogens (primary N) is 2. The van der Waals surface area contributed by atoms with Crippen LogP contribution in [0.25, 0.3) is 22.3 Å². The normalized spacial score (nSPS) is 38.3. The largest absolute Gasteiger partial charge is 0.387 e. The number of nitrogen functional groups attached to an aromatic ring is 2. The van der Waals surface area contributed by atoms with Crippen molar-refractivity contribution in [2.45, 2.75) is 49.1 Å². The number of hydrogen-bond donors (Lipinski definition) is 6. The van der Waals surface area contributed by atoms with E-state index in [1.54, 1.807) is 0 Å². The molecule has 236 valence electrons. The average molecular weight is 691 g/mol. The third kappa shape index (κ3) is 5.27. The summed E-state index contributed by atoms with van der Waals surface area (Å²) in [5, 5.41) is 22.4. The van der Waals surface area contributed by atoms with Crippen LogP contribution >= 0.6 is 38.1 Å². The van der Waals surface area contributed by atoms with Crippen molar-refractivity contribution in [1.29, 1.82) is 0 Å². The molecule has 7 rings (SSSR count). The van der Waals surface area contributed by atoms with Gasteiger partial charge < -0.3 is 31.2 Å². The van der Waals surface area contributed by atoms with Crippen molar-refractivity contribution in [3.05, 3.63) is 25.3 Å². The van der Waals surface area contributed by atoms with E-state index in [1.165, 1.54) is 34.4 Å². The van der Waals surface area contributed by atoms with Crippen LogP contribution in [0.2, 0.25) is 0 Å². The van der Waals surface area contributed by atoms with Crippen LogP contribution in [0.1, 0.15) is 12.5 Å². The molecule has 44 heavy (non-hydrogen) atoms. The highest BCUT2D eigenvalue weighted by molar-refractivity contribution is 8.44. The minimum Gasteiger partial charge on any atom is -0.387 e. The van der Waals surface area contributed by atoms with Crippen LogP contribution < -0.4 is 11.5 Å². The van der Waals surface area contributed by atoms with E-state index >= 15 is 0 Å². The standard InChI is InChI=1S/C20H24N10O10P2S2/c21-15-9-17(25-3-23-15)29(5-27-9)19-12(32)13-8(38-19)2-36-42(34,44)40-14-11(31)7(1-35-41(33,43)39-13)37-20(14)30-6-28-10-16(22)24-4-26-18(10)30/h3-8,11-14,19-20,31-32H,1-2H2,(H,33,43)(H,34,44)(H2,21,23,25)(H2,22,24,26)/t7-,8-,11?,12-,13-,14-,19-,20-,41-,42-/m1/s1. The molecular weight excluding hydrogens is 666 g/mol. The quantitative estimate of drug-likeness (QED) is 0.121. The van der Waals surface area contributed by atoms with Crippen molar-refractivity contribution < 1.29 is 46.9 Å². The second kappa shape index (κ2) is 11.1. The van der Waals surface area contributed by atoms with E-state index in [9.17, 15) is 19.3 Å². The Morgan fingerprint density at radius 3 is 1.82 bits per heavy atom. The summed E-state index contributed by atoms with van der Waals surface area (Å²) in [7, 11) is 0. The number of nitrogens with zero attached hydrogens (tertiary/aromatic N) is 8. The van der Waals surface area contributed by atoms with Crippen LogP contribution in [0.3, 0.4) is 0 Å². The third-order valence-corrected chi connectivity index (χ3v) is 10.5.